The van der Waals surface area contributed by atoms with Gasteiger partial charge in [0, 0.05) is 34.5 Å². The summed E-state index contributed by atoms with van der Waals surface area (Å²) < 4.78 is 0. The van der Waals surface area contributed by atoms with Crippen LogP contribution in [0.25, 0.3) is 0 Å². The molecule has 0 saturated carbocycles. The van der Waals surface area contributed by atoms with Crippen molar-refractivity contribution in [3.63, 3.8) is 0 Å². The summed E-state index contributed by atoms with van der Waals surface area (Å²) in [6.45, 7) is 0.997. The largest absolute Gasteiger partial charge is 0.483 e. The molecule has 0 amide bonds. The van der Waals surface area contributed by atoms with Gasteiger partial charge in [0.25, 0.3) is 6.47 Å². The van der Waals surface area contributed by atoms with Gasteiger partial charge in [-0.25, -0.2) is 0 Å². The molecule has 0 unspecified atom stereocenters. The van der Waals surface area contributed by atoms with Gasteiger partial charge in [0.1, 0.15) is 0 Å². The van der Waals surface area contributed by atoms with E-state index in [0.717, 1.165) is 25.7 Å². The Kier molecular flexibility index (Phi) is 15.3. The molecule has 0 radical (unpaired) electrons. The average molecular weight is 551 g/mol. The quantitative estimate of drug-likeness (QED) is 0.0952. The fourth-order valence-corrected chi connectivity index (χ4v) is 3.04. The van der Waals surface area contributed by atoms with Crippen LogP contribution in [0.5, 0.6) is 0 Å². The molecule has 200 valence electrons. The highest BCUT2D eigenvalue weighted by Gasteiger charge is 2.03. The number of rotatable bonds is 9. The molecule has 0 aliphatic rings. The highest BCUT2D eigenvalue weighted by Crippen LogP contribution is 2.13. The molecule has 0 aliphatic carbocycles. The Labute approximate surface area is 225 Å². The van der Waals surface area contributed by atoms with Gasteiger partial charge in [-0.1, -0.05) is 36.0 Å². The summed E-state index contributed by atoms with van der Waals surface area (Å²) in [5.41, 5.74) is 1.42. The number of halogens is 2. The van der Waals surface area contributed by atoms with Gasteiger partial charge in [0.2, 0.25) is 0 Å². The molecule has 2 rings (SSSR count). The number of anilines is 2. The molecule has 0 spiro atoms. The molecule has 12 nitrogen and oxygen atoms in total. The third kappa shape index (κ3) is 15.6. The normalized spacial score (nSPS) is 9.57. The van der Waals surface area contributed by atoms with Gasteiger partial charge >= 0.3 is 0 Å². The highest BCUT2D eigenvalue weighted by molar-refractivity contribution is 6.31. The Morgan fingerprint density at radius 3 is 1.30 bits per heavy atom. The molecule has 14 heteroatoms. The summed E-state index contributed by atoms with van der Waals surface area (Å²) in [5.74, 6) is 0.112. The molecule has 2 aromatic carbocycles. The lowest BCUT2D eigenvalue weighted by molar-refractivity contribution is -0.122. The zero-order valence-corrected chi connectivity index (χ0v) is 21.6. The maximum atomic E-state index is 8.36. The Morgan fingerprint density at radius 2 is 0.973 bits per heavy atom. The Bertz CT molecular complexity index is 938. The third-order valence-electron chi connectivity index (χ3n) is 4.43. The van der Waals surface area contributed by atoms with Crippen LogP contribution in [-0.2, 0) is 4.79 Å². The second-order valence-corrected chi connectivity index (χ2v) is 8.26. The zero-order valence-electron chi connectivity index (χ0n) is 20.1. The maximum absolute atomic E-state index is 8.36. The molecule has 0 saturated heterocycles. The molecule has 0 aliphatic heterocycles. The van der Waals surface area contributed by atoms with Gasteiger partial charge in [0.05, 0.1) is 0 Å². The van der Waals surface area contributed by atoms with Crippen LogP contribution in [0, 0.1) is 21.6 Å². The Morgan fingerprint density at radius 1 is 0.649 bits per heavy atom. The molecular weight excluding hydrogens is 519 g/mol. The summed E-state index contributed by atoms with van der Waals surface area (Å²) in [5, 5.41) is 56.4. The molecule has 0 fully saturated rings. The first-order chi connectivity index (χ1) is 17.7. The number of carboxylic acid groups (broad SMARTS) is 1. The van der Waals surface area contributed by atoms with Crippen molar-refractivity contribution in [3.05, 3.63) is 58.6 Å². The van der Waals surface area contributed by atoms with Crippen molar-refractivity contribution in [3.8, 4) is 0 Å². The predicted molar refractivity (Wildman–Crippen MR) is 150 cm³/mol. The van der Waals surface area contributed by atoms with Crippen LogP contribution in [0.1, 0.15) is 25.7 Å². The number of guanidine groups is 4. The van der Waals surface area contributed by atoms with E-state index >= 15 is 0 Å². The Balaban J connectivity index is 0.00000217. The van der Waals surface area contributed by atoms with Gasteiger partial charge in [-0.05, 0) is 61.4 Å². The minimum Gasteiger partial charge on any atom is -0.483 e. The first-order valence-electron chi connectivity index (χ1n) is 11.2. The van der Waals surface area contributed by atoms with Crippen LogP contribution < -0.4 is 31.9 Å². The minimum absolute atomic E-state index is 0.00148. The van der Waals surface area contributed by atoms with E-state index in [9.17, 15) is 0 Å². The number of carbonyl (C=O) groups is 1. The van der Waals surface area contributed by atoms with Crippen LogP contribution in [0.4, 0.5) is 11.4 Å². The van der Waals surface area contributed by atoms with E-state index in [-0.39, 0.29) is 30.3 Å². The van der Waals surface area contributed by atoms with Crippen LogP contribution in [0.2, 0.25) is 10.0 Å². The first-order valence-corrected chi connectivity index (χ1v) is 12.0. The van der Waals surface area contributed by atoms with Gasteiger partial charge in [-0.15, -0.1) is 0 Å². The number of unbranched alkanes of at least 4 members (excludes halogenated alkanes) is 3. The monoisotopic (exact) mass is 550 g/mol. The van der Waals surface area contributed by atoms with Crippen LogP contribution in [-0.4, -0.2) is 48.5 Å². The minimum atomic E-state index is -0.250. The average Bonchev–Trinajstić information content (AvgIpc) is 2.84. The molecule has 11 N–H and O–H groups in total. The summed E-state index contributed by atoms with van der Waals surface area (Å²) >= 11 is 11.7. The molecule has 2 aromatic rings. The highest BCUT2D eigenvalue weighted by atomic mass is 35.5. The lowest BCUT2D eigenvalue weighted by Crippen LogP contribution is -2.43. The van der Waals surface area contributed by atoms with E-state index in [4.69, 9.17) is 54.7 Å². The second kappa shape index (κ2) is 18.3. The van der Waals surface area contributed by atoms with Gasteiger partial charge in [-0.3, -0.25) is 37.1 Å². The van der Waals surface area contributed by atoms with Crippen LogP contribution >= 0.6 is 23.2 Å². The van der Waals surface area contributed by atoms with Gasteiger partial charge < -0.3 is 26.4 Å². The van der Waals surface area contributed by atoms with Crippen LogP contribution in [0.15, 0.2) is 48.5 Å². The summed E-state index contributed by atoms with van der Waals surface area (Å²) in [4.78, 5) is 8.36. The third-order valence-corrected chi connectivity index (χ3v) is 4.94. The molecule has 0 bridgehead atoms. The number of nitrogens with one attached hydrogen (secondary N) is 10. The van der Waals surface area contributed by atoms with Crippen molar-refractivity contribution >= 4 is 64.9 Å². The predicted octanol–water partition coefficient (Wildman–Crippen LogP) is 3.88. The van der Waals surface area contributed by atoms with Crippen molar-refractivity contribution in [2.45, 2.75) is 25.7 Å². The fourth-order valence-electron chi connectivity index (χ4n) is 2.79. The van der Waals surface area contributed by atoms with Crippen molar-refractivity contribution in [1.29, 1.82) is 21.6 Å². The summed E-state index contributed by atoms with van der Waals surface area (Å²) in [6.07, 6.45) is 3.70. The fraction of sp³-hybridized carbons (Fsp3) is 0.261. The SMILES string of the molecule is N=C(NCCCCCCNC(=N)NC(=N)Nc1ccc(Cl)cc1)NC(=N)Nc1ccc(Cl)cc1.O=CO. The van der Waals surface area contributed by atoms with E-state index in [0.29, 0.717) is 34.5 Å². The van der Waals surface area contributed by atoms with E-state index in [2.05, 4.69) is 31.9 Å². The Hall–Kier alpha value is -4.03. The lowest BCUT2D eigenvalue weighted by Gasteiger charge is -2.13. The zero-order chi connectivity index (χ0) is 27.5. The van der Waals surface area contributed by atoms with Crippen molar-refractivity contribution in [2.75, 3.05) is 23.7 Å². The topological polar surface area (TPSA) is 205 Å². The smallest absolute Gasteiger partial charge is 0.290 e. The van der Waals surface area contributed by atoms with Crippen LogP contribution in [0.3, 0.4) is 0 Å². The van der Waals surface area contributed by atoms with Crippen molar-refractivity contribution < 1.29 is 9.90 Å². The number of benzene rings is 2. The van der Waals surface area contributed by atoms with Crippen molar-refractivity contribution in [2.24, 2.45) is 0 Å². The lowest BCUT2D eigenvalue weighted by atomic mass is 10.2. The van der Waals surface area contributed by atoms with Crippen molar-refractivity contribution in [1.82, 2.24) is 21.3 Å². The van der Waals surface area contributed by atoms with E-state index in [1.54, 1.807) is 48.5 Å². The second-order valence-electron chi connectivity index (χ2n) is 7.39. The van der Waals surface area contributed by atoms with E-state index < -0.39 is 0 Å². The number of hydrogen-bond donors (Lipinski definition) is 11. The standard InChI is InChI=1S/C22H30Cl2N10.CH2O2/c23-15-5-9-17(10-6-15)31-21(27)33-19(25)29-13-3-1-2-4-14-30-20(26)34-22(28)32-18-11-7-16(24)8-12-18;2-1-3/h5-12H,1-4,13-14H2,(H5,25,27,29,31,33)(H5,26,28,30,32,34);1H,(H,2,3). The van der Waals surface area contributed by atoms with Gasteiger partial charge in [-0.2, -0.15) is 0 Å². The number of hydrogen-bond acceptors (Lipinski definition) is 5. The van der Waals surface area contributed by atoms with E-state index in [1.807, 2.05) is 0 Å². The van der Waals surface area contributed by atoms with Gasteiger partial charge in [0.15, 0.2) is 23.8 Å². The first kappa shape index (κ1) is 31.0. The molecule has 0 atom stereocenters. The maximum Gasteiger partial charge on any atom is 0.290 e. The molecule has 37 heavy (non-hydrogen) atoms. The summed E-state index contributed by atoms with van der Waals surface area (Å²) in [6, 6.07) is 13.9. The van der Waals surface area contributed by atoms with E-state index in [1.165, 1.54) is 0 Å². The molecular formula is C23H32Cl2N10O2. The molecule has 0 heterocycles. The molecule has 0 aromatic heterocycles. The summed E-state index contributed by atoms with van der Waals surface area (Å²) in [7, 11) is 0.